The molecule has 0 unspecified atom stereocenters. The van der Waals surface area contributed by atoms with Crippen molar-refractivity contribution in [3.8, 4) is 0 Å². The molecule has 0 spiro atoms. The number of carbonyl (C=O) groups excluding carboxylic acids is 1. The van der Waals surface area contributed by atoms with E-state index in [2.05, 4.69) is 59.2 Å². The smallest absolute Gasteiger partial charge is 0.253 e. The normalized spacial score (nSPS) is 14.2. The van der Waals surface area contributed by atoms with Gasteiger partial charge in [0.2, 0.25) is 0 Å². The molecule has 1 aromatic heterocycles. The summed E-state index contributed by atoms with van der Waals surface area (Å²) >= 11 is 1.63. The topological polar surface area (TPSA) is 52.6 Å². The maximum absolute atomic E-state index is 12.5. The van der Waals surface area contributed by atoms with Crippen LogP contribution in [0.15, 0.2) is 65.8 Å². The quantitative estimate of drug-likeness (QED) is 0.320. The van der Waals surface area contributed by atoms with Gasteiger partial charge in [-0.3, -0.25) is 9.69 Å². The number of thioether (sulfide) groups is 1. The molecule has 7 heteroatoms. The second-order valence-electron chi connectivity index (χ2n) is 8.91. The molecule has 4 rings (SSSR count). The Morgan fingerprint density at radius 3 is 2.40 bits per heavy atom. The Bertz CT molecular complexity index is 1120. The molecule has 1 aliphatic heterocycles. The summed E-state index contributed by atoms with van der Waals surface area (Å²) in [6.07, 6.45) is 0.879. The van der Waals surface area contributed by atoms with Crippen LogP contribution in [0.2, 0.25) is 0 Å². The minimum Gasteiger partial charge on any atom is -0.354 e. The van der Waals surface area contributed by atoms with E-state index in [-0.39, 0.29) is 5.91 Å². The van der Waals surface area contributed by atoms with Gasteiger partial charge in [0.25, 0.3) is 5.91 Å². The Hall–Kier alpha value is -2.90. The molecule has 1 aliphatic rings. The molecule has 0 atom stereocenters. The van der Waals surface area contributed by atoms with Crippen molar-refractivity contribution >= 4 is 23.5 Å². The Balaban J connectivity index is 1.39. The van der Waals surface area contributed by atoms with Gasteiger partial charge in [-0.25, -0.2) is 9.97 Å². The van der Waals surface area contributed by atoms with Crippen LogP contribution in [0.25, 0.3) is 0 Å². The third-order valence-corrected chi connectivity index (χ3v) is 7.33. The van der Waals surface area contributed by atoms with Crippen molar-refractivity contribution < 1.29 is 4.79 Å². The van der Waals surface area contributed by atoms with Gasteiger partial charge in [-0.2, -0.15) is 0 Å². The van der Waals surface area contributed by atoms with Crippen molar-refractivity contribution in [3.05, 3.63) is 83.0 Å². The summed E-state index contributed by atoms with van der Waals surface area (Å²) in [5.74, 6) is 1.80. The van der Waals surface area contributed by atoms with E-state index in [0.29, 0.717) is 6.54 Å². The van der Waals surface area contributed by atoms with Crippen molar-refractivity contribution in [3.63, 3.8) is 0 Å². The number of carbonyl (C=O) groups is 1. The number of aryl methyl sites for hydroxylation is 1. The van der Waals surface area contributed by atoms with Gasteiger partial charge in [0.05, 0.1) is 0 Å². The van der Waals surface area contributed by atoms with Gasteiger partial charge in [0, 0.05) is 69.4 Å². The molecule has 0 aliphatic carbocycles. The number of amides is 1. The summed E-state index contributed by atoms with van der Waals surface area (Å²) in [7, 11) is 1.83. The second kappa shape index (κ2) is 12.2. The molecular weight excluding hydrogens is 454 g/mol. The molecule has 6 nitrogen and oxygen atoms in total. The predicted molar refractivity (Wildman–Crippen MR) is 144 cm³/mol. The minimum absolute atomic E-state index is 0.0530. The van der Waals surface area contributed by atoms with Crippen LogP contribution in [0.1, 0.15) is 41.0 Å². The first-order valence-corrected chi connectivity index (χ1v) is 13.4. The van der Waals surface area contributed by atoms with Crippen molar-refractivity contribution in [1.29, 1.82) is 0 Å². The van der Waals surface area contributed by atoms with E-state index in [0.717, 1.165) is 72.7 Å². The van der Waals surface area contributed by atoms with E-state index in [1.54, 1.807) is 16.7 Å². The van der Waals surface area contributed by atoms with Gasteiger partial charge in [-0.05, 0) is 36.6 Å². The fourth-order valence-corrected chi connectivity index (χ4v) is 4.97. The number of hydrogen-bond donors (Lipinski definition) is 0. The van der Waals surface area contributed by atoms with Crippen molar-refractivity contribution in [2.24, 2.45) is 0 Å². The number of benzene rings is 2. The van der Waals surface area contributed by atoms with Crippen LogP contribution in [0.3, 0.4) is 0 Å². The molecule has 3 aromatic rings. The van der Waals surface area contributed by atoms with Crippen molar-refractivity contribution in [2.75, 3.05) is 44.7 Å². The number of anilines is 1. The Morgan fingerprint density at radius 1 is 0.943 bits per heavy atom. The van der Waals surface area contributed by atoms with Crippen LogP contribution in [-0.4, -0.2) is 65.4 Å². The number of nitrogens with zero attached hydrogens (tertiary/aromatic N) is 5. The highest BCUT2D eigenvalue weighted by Crippen LogP contribution is 2.25. The van der Waals surface area contributed by atoms with E-state index in [4.69, 9.17) is 9.97 Å². The van der Waals surface area contributed by atoms with Gasteiger partial charge in [0.15, 0.2) is 5.16 Å². The van der Waals surface area contributed by atoms with E-state index in [1.165, 1.54) is 5.56 Å². The average Bonchev–Trinajstić information content (AvgIpc) is 2.92. The third kappa shape index (κ3) is 6.83. The molecule has 1 fully saturated rings. The lowest BCUT2D eigenvalue weighted by Crippen LogP contribution is -2.46. The first-order valence-electron chi connectivity index (χ1n) is 12.4. The lowest BCUT2D eigenvalue weighted by Gasteiger charge is -2.35. The van der Waals surface area contributed by atoms with Gasteiger partial charge in [0.1, 0.15) is 5.82 Å². The summed E-state index contributed by atoms with van der Waals surface area (Å²) in [5.41, 5.74) is 4.26. The van der Waals surface area contributed by atoms with Crippen molar-refractivity contribution in [2.45, 2.75) is 37.7 Å². The molecular formula is C28H35N5OS. The first-order chi connectivity index (χ1) is 17.1. The molecule has 0 N–H and O–H groups in total. The van der Waals surface area contributed by atoms with Crippen molar-refractivity contribution in [1.82, 2.24) is 19.8 Å². The van der Waals surface area contributed by atoms with Crippen LogP contribution >= 0.6 is 11.8 Å². The number of rotatable bonds is 9. The zero-order valence-corrected chi connectivity index (χ0v) is 21.8. The van der Waals surface area contributed by atoms with Crippen LogP contribution in [0.5, 0.6) is 0 Å². The number of hydrogen-bond acceptors (Lipinski definition) is 6. The lowest BCUT2D eigenvalue weighted by atomic mass is 10.1. The zero-order valence-electron chi connectivity index (χ0n) is 21.0. The molecule has 2 aromatic carbocycles. The summed E-state index contributed by atoms with van der Waals surface area (Å²) in [6.45, 7) is 9.78. The third-order valence-electron chi connectivity index (χ3n) is 6.42. The SMILES string of the molecule is CCc1cc(N2CCN(Cc3ccccc3)CC2)nc(SCc2cccc(C(=O)N(C)CC)c2)n1. The molecule has 184 valence electrons. The van der Waals surface area contributed by atoms with Crippen LogP contribution in [0.4, 0.5) is 5.82 Å². The van der Waals surface area contributed by atoms with Gasteiger partial charge >= 0.3 is 0 Å². The van der Waals surface area contributed by atoms with E-state index < -0.39 is 0 Å². The fraction of sp³-hybridized carbons (Fsp3) is 0.393. The highest BCUT2D eigenvalue weighted by atomic mass is 32.2. The Morgan fingerprint density at radius 2 is 1.69 bits per heavy atom. The van der Waals surface area contributed by atoms with E-state index >= 15 is 0 Å². The van der Waals surface area contributed by atoms with Crippen LogP contribution < -0.4 is 4.90 Å². The van der Waals surface area contributed by atoms with Gasteiger partial charge in [-0.1, -0.05) is 61.2 Å². The largest absolute Gasteiger partial charge is 0.354 e. The maximum Gasteiger partial charge on any atom is 0.253 e. The molecule has 1 amide bonds. The summed E-state index contributed by atoms with van der Waals surface area (Å²) in [6, 6.07) is 20.7. The highest BCUT2D eigenvalue weighted by molar-refractivity contribution is 7.98. The Kier molecular flexibility index (Phi) is 8.77. The minimum atomic E-state index is 0.0530. The Labute approximate surface area is 213 Å². The molecule has 2 heterocycles. The average molecular weight is 490 g/mol. The molecule has 35 heavy (non-hydrogen) atoms. The fourth-order valence-electron chi connectivity index (χ4n) is 4.15. The van der Waals surface area contributed by atoms with Crippen LogP contribution in [-0.2, 0) is 18.7 Å². The highest BCUT2D eigenvalue weighted by Gasteiger charge is 2.19. The molecule has 0 radical (unpaired) electrons. The van der Waals surface area contributed by atoms with E-state index in [1.807, 2.05) is 32.2 Å². The van der Waals surface area contributed by atoms with Gasteiger partial charge in [-0.15, -0.1) is 0 Å². The number of aromatic nitrogens is 2. The molecule has 0 saturated carbocycles. The second-order valence-corrected chi connectivity index (χ2v) is 9.85. The summed E-state index contributed by atoms with van der Waals surface area (Å²) in [5, 5.41) is 0.800. The first kappa shape index (κ1) is 25.2. The standard InChI is InChI=1S/C28H35N5OS/c1-4-25-19-26(33-16-14-32(15-17-33)20-22-10-7-6-8-11-22)30-28(29-25)35-21-23-12-9-13-24(18-23)27(34)31(3)5-2/h6-13,18-19H,4-5,14-17,20-21H2,1-3H3. The summed E-state index contributed by atoms with van der Waals surface area (Å²) in [4.78, 5) is 28.8. The monoisotopic (exact) mass is 489 g/mol. The number of piperazine rings is 1. The summed E-state index contributed by atoms with van der Waals surface area (Å²) < 4.78 is 0. The predicted octanol–water partition coefficient (Wildman–Crippen LogP) is 4.75. The molecule has 1 saturated heterocycles. The lowest BCUT2D eigenvalue weighted by molar-refractivity contribution is 0.0802. The zero-order chi connectivity index (χ0) is 24.6. The van der Waals surface area contributed by atoms with Crippen LogP contribution in [0, 0.1) is 0 Å². The maximum atomic E-state index is 12.5. The molecule has 0 bridgehead atoms. The van der Waals surface area contributed by atoms with Gasteiger partial charge < -0.3 is 9.80 Å². The van der Waals surface area contributed by atoms with E-state index in [9.17, 15) is 4.79 Å².